The van der Waals surface area contributed by atoms with Crippen LogP contribution in [-0.2, 0) is 14.8 Å². The third-order valence-corrected chi connectivity index (χ3v) is 7.83. The van der Waals surface area contributed by atoms with Crippen molar-refractivity contribution in [3.05, 3.63) is 42.0 Å². The summed E-state index contributed by atoms with van der Waals surface area (Å²) in [6, 6.07) is 7.01. The molecule has 0 amide bonds. The van der Waals surface area contributed by atoms with Crippen LogP contribution in [-0.4, -0.2) is 25.5 Å². The van der Waals surface area contributed by atoms with E-state index in [2.05, 4.69) is 16.9 Å². The minimum Gasteiger partial charge on any atom is -0.481 e. The minimum absolute atomic E-state index is 0.0116. The van der Waals surface area contributed by atoms with Crippen LogP contribution in [0.2, 0.25) is 0 Å². The summed E-state index contributed by atoms with van der Waals surface area (Å²) in [6.45, 7) is 1.95. The number of sulfonamides is 1. The lowest BCUT2D eigenvalue weighted by Crippen LogP contribution is -2.53. The van der Waals surface area contributed by atoms with Gasteiger partial charge in [0, 0.05) is 12.5 Å². The summed E-state index contributed by atoms with van der Waals surface area (Å²) in [5, 5.41) is 8.71. The van der Waals surface area contributed by atoms with Crippen LogP contribution in [0, 0.1) is 24.7 Å². The molecule has 2 N–H and O–H groups in total. The second kappa shape index (κ2) is 9.23. The molecule has 3 aliphatic rings. The molecule has 6 heteroatoms. The van der Waals surface area contributed by atoms with Crippen molar-refractivity contribution in [1.29, 1.82) is 0 Å². The van der Waals surface area contributed by atoms with Crippen LogP contribution in [0.5, 0.6) is 0 Å². The zero-order valence-corrected chi connectivity index (χ0v) is 17.3. The second-order valence-corrected chi connectivity index (χ2v) is 10.0. The van der Waals surface area contributed by atoms with Gasteiger partial charge in [0.1, 0.15) is 0 Å². The zero-order valence-electron chi connectivity index (χ0n) is 16.5. The Kier molecular flexibility index (Phi) is 6.94. The third kappa shape index (κ3) is 5.23. The molecule has 28 heavy (non-hydrogen) atoms. The van der Waals surface area contributed by atoms with Crippen LogP contribution >= 0.6 is 0 Å². The van der Waals surface area contributed by atoms with E-state index >= 15 is 0 Å². The average Bonchev–Trinajstić information content (AvgIpc) is 2.66. The first-order chi connectivity index (χ1) is 13.4. The van der Waals surface area contributed by atoms with Crippen molar-refractivity contribution in [2.75, 3.05) is 0 Å². The Labute approximate surface area is 168 Å². The van der Waals surface area contributed by atoms with E-state index in [0.717, 1.165) is 31.2 Å². The SMILES string of the molecule is Cc1ccc(S(=O)(=O)NC2C3CCC(CC3)[C@@H]2C/C=C\CCCC(=O)O)cc1. The maximum atomic E-state index is 12.9. The standard InChI is InChI=1S/C22H31NO4S/c1-16-8-14-19(15-9-16)28(26,27)23-22-18-12-10-17(11-13-18)20(22)6-4-2-3-5-7-21(24)25/h2,4,8-9,14-15,17-18,20,22-23H,3,5-7,10-13H2,1H3,(H,24,25)/b4-2-/t17?,18?,20-,22?/m0/s1. The number of carboxylic acid groups (broad SMARTS) is 1. The number of aryl methyl sites for hydroxylation is 1. The fourth-order valence-electron chi connectivity index (χ4n) is 4.80. The number of hydrogen-bond acceptors (Lipinski definition) is 3. The van der Waals surface area contributed by atoms with Crippen LogP contribution < -0.4 is 4.72 Å². The van der Waals surface area contributed by atoms with Gasteiger partial charge in [-0.2, -0.15) is 0 Å². The van der Waals surface area contributed by atoms with E-state index in [1.165, 1.54) is 12.8 Å². The lowest BCUT2D eigenvalue weighted by atomic mass is 9.61. The van der Waals surface area contributed by atoms with E-state index in [4.69, 9.17) is 5.11 Å². The molecular weight excluding hydrogens is 374 g/mol. The van der Waals surface area contributed by atoms with Gasteiger partial charge in [-0.1, -0.05) is 29.8 Å². The molecule has 1 aromatic rings. The number of carbonyl (C=O) groups is 1. The van der Waals surface area contributed by atoms with Crippen molar-refractivity contribution in [3.63, 3.8) is 0 Å². The number of aliphatic carboxylic acids is 1. The Balaban J connectivity index is 1.66. The fraction of sp³-hybridized carbons (Fsp3) is 0.591. The molecule has 3 fully saturated rings. The van der Waals surface area contributed by atoms with E-state index in [0.29, 0.717) is 29.1 Å². The molecule has 2 bridgehead atoms. The summed E-state index contributed by atoms with van der Waals surface area (Å²) in [5.41, 5.74) is 1.04. The first-order valence-corrected chi connectivity index (χ1v) is 11.8. The Morgan fingerprint density at radius 1 is 1.11 bits per heavy atom. The Bertz CT molecular complexity index is 792. The van der Waals surface area contributed by atoms with E-state index < -0.39 is 16.0 Å². The summed E-state index contributed by atoms with van der Waals surface area (Å²) in [7, 11) is -3.52. The van der Waals surface area contributed by atoms with E-state index in [1.807, 2.05) is 19.1 Å². The normalized spacial score (nSPS) is 27.3. The van der Waals surface area contributed by atoms with Crippen molar-refractivity contribution in [3.8, 4) is 0 Å². The van der Waals surface area contributed by atoms with Gasteiger partial charge in [-0.05, 0) is 81.8 Å². The van der Waals surface area contributed by atoms with Gasteiger partial charge in [0.2, 0.25) is 10.0 Å². The number of hydrogen-bond donors (Lipinski definition) is 2. The van der Waals surface area contributed by atoms with Crippen molar-refractivity contribution >= 4 is 16.0 Å². The van der Waals surface area contributed by atoms with Crippen LogP contribution in [0.4, 0.5) is 0 Å². The molecule has 0 heterocycles. The number of nitrogens with one attached hydrogen (secondary N) is 1. The molecule has 154 valence electrons. The lowest BCUT2D eigenvalue weighted by molar-refractivity contribution is -0.137. The second-order valence-electron chi connectivity index (χ2n) is 8.29. The Morgan fingerprint density at radius 2 is 1.75 bits per heavy atom. The van der Waals surface area contributed by atoms with Crippen molar-refractivity contribution < 1.29 is 18.3 Å². The van der Waals surface area contributed by atoms with Crippen molar-refractivity contribution in [1.82, 2.24) is 4.72 Å². The molecule has 3 aliphatic carbocycles. The van der Waals surface area contributed by atoms with Gasteiger partial charge in [-0.3, -0.25) is 4.79 Å². The smallest absolute Gasteiger partial charge is 0.303 e. The molecule has 3 saturated carbocycles. The molecule has 0 aliphatic heterocycles. The van der Waals surface area contributed by atoms with Crippen LogP contribution in [0.1, 0.15) is 56.9 Å². The van der Waals surface area contributed by atoms with E-state index in [9.17, 15) is 13.2 Å². The lowest BCUT2D eigenvalue weighted by Gasteiger charge is -2.48. The molecule has 0 spiro atoms. The maximum Gasteiger partial charge on any atom is 0.303 e. The van der Waals surface area contributed by atoms with Gasteiger partial charge < -0.3 is 5.11 Å². The number of unbranched alkanes of at least 4 members (excludes halogenated alkanes) is 1. The fourth-order valence-corrected chi connectivity index (χ4v) is 6.16. The number of carboxylic acids is 1. The molecule has 2 atom stereocenters. The Morgan fingerprint density at radius 3 is 2.39 bits per heavy atom. The van der Waals surface area contributed by atoms with Crippen molar-refractivity contribution in [2.45, 2.75) is 69.2 Å². The maximum absolute atomic E-state index is 12.9. The monoisotopic (exact) mass is 405 g/mol. The van der Waals surface area contributed by atoms with Gasteiger partial charge >= 0.3 is 5.97 Å². The van der Waals surface area contributed by atoms with Gasteiger partial charge in [0.25, 0.3) is 0 Å². The molecule has 1 unspecified atom stereocenters. The van der Waals surface area contributed by atoms with E-state index in [1.54, 1.807) is 12.1 Å². The van der Waals surface area contributed by atoms with Crippen LogP contribution in [0.15, 0.2) is 41.3 Å². The Hall–Kier alpha value is -1.66. The highest BCUT2D eigenvalue weighted by Crippen LogP contribution is 2.47. The van der Waals surface area contributed by atoms with Gasteiger partial charge in [0.05, 0.1) is 4.90 Å². The largest absolute Gasteiger partial charge is 0.481 e. The summed E-state index contributed by atoms with van der Waals surface area (Å²) >= 11 is 0. The number of benzene rings is 1. The van der Waals surface area contributed by atoms with Gasteiger partial charge in [-0.25, -0.2) is 13.1 Å². The molecule has 0 saturated heterocycles. The minimum atomic E-state index is -3.52. The third-order valence-electron chi connectivity index (χ3n) is 6.35. The highest BCUT2D eigenvalue weighted by molar-refractivity contribution is 7.89. The van der Waals surface area contributed by atoms with Gasteiger partial charge in [-0.15, -0.1) is 0 Å². The molecule has 4 rings (SSSR count). The summed E-state index contributed by atoms with van der Waals surface area (Å²) < 4.78 is 28.9. The van der Waals surface area contributed by atoms with Crippen LogP contribution in [0.25, 0.3) is 0 Å². The first-order valence-electron chi connectivity index (χ1n) is 10.3. The molecule has 0 radical (unpaired) electrons. The zero-order chi connectivity index (χ0) is 20.1. The molecule has 0 aromatic heterocycles. The predicted octanol–water partition coefficient (Wildman–Crippen LogP) is 4.28. The first kappa shape index (κ1) is 21.1. The molecule has 5 nitrogen and oxygen atoms in total. The highest BCUT2D eigenvalue weighted by Gasteiger charge is 2.44. The number of fused-ring (bicyclic) bond motifs is 3. The summed E-state index contributed by atoms with van der Waals surface area (Å²) in [6.07, 6.45) is 11.2. The number of allylic oxidation sites excluding steroid dienone is 2. The van der Waals surface area contributed by atoms with Crippen molar-refractivity contribution in [2.24, 2.45) is 17.8 Å². The van der Waals surface area contributed by atoms with Crippen LogP contribution in [0.3, 0.4) is 0 Å². The van der Waals surface area contributed by atoms with Gasteiger partial charge in [0.15, 0.2) is 0 Å². The van der Waals surface area contributed by atoms with E-state index in [-0.39, 0.29) is 12.5 Å². The summed E-state index contributed by atoms with van der Waals surface area (Å²) in [5.74, 6) is 0.544. The number of rotatable bonds is 9. The predicted molar refractivity (Wildman–Crippen MR) is 109 cm³/mol. The molecule has 1 aromatic carbocycles. The summed E-state index contributed by atoms with van der Waals surface area (Å²) in [4.78, 5) is 10.9. The molecular formula is C22H31NO4S. The quantitative estimate of drug-likeness (QED) is 0.474. The average molecular weight is 406 g/mol. The highest BCUT2D eigenvalue weighted by atomic mass is 32.2. The topological polar surface area (TPSA) is 83.5 Å².